The number of aromatic hydroxyl groups is 2. The van der Waals surface area contributed by atoms with Crippen LogP contribution in [0.3, 0.4) is 0 Å². The van der Waals surface area contributed by atoms with Crippen LogP contribution in [-0.4, -0.2) is 20.4 Å². The summed E-state index contributed by atoms with van der Waals surface area (Å²) < 4.78 is 0. The van der Waals surface area contributed by atoms with Gasteiger partial charge < -0.3 is 10.2 Å². The molecule has 2 N–H and O–H groups in total. The largest absolute Gasteiger partial charge is 0.507 e. The van der Waals surface area contributed by atoms with Gasteiger partial charge in [-0.25, -0.2) is 0 Å². The smallest absolute Gasteiger partial charge is 0.239 e. The first-order valence-electron chi connectivity index (χ1n) is 3.94. The second kappa shape index (κ2) is 2.99. The number of rotatable bonds is 0. The fourth-order valence-corrected chi connectivity index (χ4v) is 1.59. The average molecular weight is 211 g/mol. The van der Waals surface area contributed by atoms with E-state index in [1.165, 1.54) is 12.1 Å². The molecule has 0 amide bonds. The van der Waals surface area contributed by atoms with Crippen LogP contribution in [0, 0.1) is 6.92 Å². The summed E-state index contributed by atoms with van der Waals surface area (Å²) in [5, 5.41) is 27.4. The second-order valence-corrected chi connectivity index (χ2v) is 3.39. The fourth-order valence-electron chi connectivity index (χ4n) is 1.38. The number of hydrogen-bond donors (Lipinski definition) is 2. The Hall–Kier alpha value is -1.55. The highest BCUT2D eigenvalue weighted by Gasteiger charge is 2.10. The van der Waals surface area contributed by atoms with E-state index in [1.54, 1.807) is 6.92 Å². The third kappa shape index (κ3) is 1.24. The number of phenols is 1. The minimum atomic E-state index is -0.233. The number of halogens is 1. The molecule has 5 heteroatoms. The molecule has 2 aromatic rings. The number of aromatic nitrogens is 2. The molecule has 0 bridgehead atoms. The zero-order valence-corrected chi connectivity index (χ0v) is 8.08. The summed E-state index contributed by atoms with van der Waals surface area (Å²) in [6, 6.07) is 2.94. The van der Waals surface area contributed by atoms with Gasteiger partial charge in [0.05, 0.1) is 16.5 Å². The molecular formula is C9H7ClN2O2. The molecule has 0 aliphatic carbocycles. The minimum absolute atomic E-state index is 0.00444. The van der Waals surface area contributed by atoms with E-state index in [2.05, 4.69) is 10.2 Å². The highest BCUT2D eigenvalue weighted by atomic mass is 35.5. The van der Waals surface area contributed by atoms with Gasteiger partial charge in [0, 0.05) is 5.02 Å². The van der Waals surface area contributed by atoms with Crippen molar-refractivity contribution in [3.8, 4) is 11.6 Å². The lowest BCUT2D eigenvalue weighted by atomic mass is 10.1. The Morgan fingerprint density at radius 2 is 1.93 bits per heavy atom. The Kier molecular flexibility index (Phi) is 1.93. The Labute approximate surface area is 84.8 Å². The van der Waals surface area contributed by atoms with Gasteiger partial charge in [0.15, 0.2) is 0 Å². The van der Waals surface area contributed by atoms with Crippen LogP contribution in [0.2, 0.25) is 5.02 Å². The highest BCUT2D eigenvalue weighted by molar-refractivity contribution is 6.31. The van der Waals surface area contributed by atoms with Crippen molar-refractivity contribution in [3.63, 3.8) is 0 Å². The SMILES string of the molecule is Cc1nnc(O)c2cc(Cl)cc(O)c12. The van der Waals surface area contributed by atoms with Crippen LogP contribution in [0.25, 0.3) is 10.8 Å². The van der Waals surface area contributed by atoms with Crippen LogP contribution < -0.4 is 0 Å². The standard InChI is InChI=1S/C9H7ClN2O2/c1-4-8-6(9(14)12-11-4)2-5(10)3-7(8)13/h2-3,13H,1H3,(H,12,14). The molecule has 72 valence electrons. The lowest BCUT2D eigenvalue weighted by Gasteiger charge is -2.04. The monoisotopic (exact) mass is 210 g/mol. The number of phenolic OH excluding ortho intramolecular Hbond substituents is 1. The van der Waals surface area contributed by atoms with Crippen molar-refractivity contribution in [1.82, 2.24) is 10.2 Å². The average Bonchev–Trinajstić information content (AvgIpc) is 2.10. The lowest BCUT2D eigenvalue weighted by Crippen LogP contribution is -1.89. The Morgan fingerprint density at radius 3 is 2.64 bits per heavy atom. The van der Waals surface area contributed by atoms with Gasteiger partial charge in [-0.05, 0) is 19.1 Å². The zero-order chi connectivity index (χ0) is 10.3. The maximum absolute atomic E-state index is 9.59. The molecule has 2 rings (SSSR count). The lowest BCUT2D eigenvalue weighted by molar-refractivity contribution is 0.450. The van der Waals surface area contributed by atoms with E-state index < -0.39 is 0 Å². The van der Waals surface area contributed by atoms with Crippen LogP contribution in [0.15, 0.2) is 12.1 Å². The molecule has 4 nitrogen and oxygen atoms in total. The maximum Gasteiger partial charge on any atom is 0.239 e. The first-order valence-corrected chi connectivity index (χ1v) is 4.32. The summed E-state index contributed by atoms with van der Waals surface area (Å²) in [5.74, 6) is -0.237. The highest BCUT2D eigenvalue weighted by Crippen LogP contribution is 2.33. The summed E-state index contributed by atoms with van der Waals surface area (Å²) in [7, 11) is 0. The van der Waals surface area contributed by atoms with Crippen LogP contribution in [0.1, 0.15) is 5.69 Å². The molecule has 0 saturated carbocycles. The molecule has 0 unspecified atom stereocenters. The van der Waals surface area contributed by atoms with Crippen molar-refractivity contribution in [1.29, 1.82) is 0 Å². The zero-order valence-electron chi connectivity index (χ0n) is 7.32. The summed E-state index contributed by atoms with van der Waals surface area (Å²) in [6.45, 7) is 1.70. The number of benzene rings is 1. The van der Waals surface area contributed by atoms with Gasteiger partial charge in [0.1, 0.15) is 5.75 Å². The molecule has 1 aromatic carbocycles. The van der Waals surface area contributed by atoms with Gasteiger partial charge in [-0.15, -0.1) is 5.10 Å². The molecule has 1 heterocycles. The Bertz CT molecular complexity index is 514. The van der Waals surface area contributed by atoms with Gasteiger partial charge in [0.25, 0.3) is 0 Å². The third-order valence-corrected chi connectivity index (χ3v) is 2.20. The molecule has 0 aliphatic heterocycles. The van der Waals surface area contributed by atoms with Crippen molar-refractivity contribution in [2.75, 3.05) is 0 Å². The molecule has 0 spiro atoms. The van der Waals surface area contributed by atoms with E-state index in [-0.39, 0.29) is 11.6 Å². The maximum atomic E-state index is 9.59. The first-order chi connectivity index (χ1) is 6.59. The molecule has 0 atom stereocenters. The van der Waals surface area contributed by atoms with Gasteiger partial charge in [-0.1, -0.05) is 11.6 Å². The van der Waals surface area contributed by atoms with Gasteiger partial charge >= 0.3 is 0 Å². The molecule has 0 saturated heterocycles. The van der Waals surface area contributed by atoms with Crippen molar-refractivity contribution in [2.45, 2.75) is 6.92 Å². The van der Waals surface area contributed by atoms with Gasteiger partial charge in [-0.3, -0.25) is 0 Å². The van der Waals surface area contributed by atoms with Crippen LogP contribution in [0.4, 0.5) is 0 Å². The summed E-state index contributed by atoms with van der Waals surface area (Å²) in [6.07, 6.45) is 0. The molecule has 0 aliphatic rings. The van der Waals surface area contributed by atoms with E-state index >= 15 is 0 Å². The topological polar surface area (TPSA) is 66.2 Å². The van der Waals surface area contributed by atoms with E-state index in [1.807, 2.05) is 0 Å². The summed E-state index contributed by atoms with van der Waals surface area (Å²) in [5.41, 5.74) is 0.548. The third-order valence-electron chi connectivity index (χ3n) is 1.98. The van der Waals surface area contributed by atoms with E-state index in [4.69, 9.17) is 11.6 Å². The van der Waals surface area contributed by atoms with Crippen LogP contribution in [0.5, 0.6) is 11.6 Å². The minimum Gasteiger partial charge on any atom is -0.507 e. The van der Waals surface area contributed by atoms with Crippen LogP contribution >= 0.6 is 11.6 Å². The predicted molar refractivity (Wildman–Crippen MR) is 52.6 cm³/mol. The van der Waals surface area contributed by atoms with Crippen molar-refractivity contribution in [2.24, 2.45) is 0 Å². The molecular weight excluding hydrogens is 204 g/mol. The summed E-state index contributed by atoms with van der Waals surface area (Å²) in [4.78, 5) is 0. The number of nitrogens with zero attached hydrogens (tertiary/aromatic N) is 2. The number of aryl methyl sites for hydroxylation is 1. The normalized spacial score (nSPS) is 10.7. The first kappa shape index (κ1) is 9.02. The number of hydrogen-bond acceptors (Lipinski definition) is 4. The van der Waals surface area contributed by atoms with E-state index in [0.717, 1.165) is 0 Å². The Morgan fingerprint density at radius 1 is 1.21 bits per heavy atom. The van der Waals surface area contributed by atoms with Crippen molar-refractivity contribution in [3.05, 3.63) is 22.8 Å². The van der Waals surface area contributed by atoms with E-state index in [0.29, 0.717) is 21.5 Å². The van der Waals surface area contributed by atoms with Gasteiger partial charge in [-0.2, -0.15) is 5.10 Å². The van der Waals surface area contributed by atoms with Gasteiger partial charge in [0.2, 0.25) is 5.88 Å². The Balaban J connectivity index is 3.00. The van der Waals surface area contributed by atoms with Crippen LogP contribution in [-0.2, 0) is 0 Å². The molecule has 0 radical (unpaired) electrons. The summed E-state index contributed by atoms with van der Waals surface area (Å²) >= 11 is 5.73. The number of fused-ring (bicyclic) bond motifs is 1. The second-order valence-electron chi connectivity index (χ2n) is 2.96. The molecule has 1 aromatic heterocycles. The predicted octanol–water partition coefficient (Wildman–Crippen LogP) is 2.00. The molecule has 0 fully saturated rings. The molecule has 14 heavy (non-hydrogen) atoms. The van der Waals surface area contributed by atoms with Crippen molar-refractivity contribution < 1.29 is 10.2 Å². The fraction of sp³-hybridized carbons (Fsp3) is 0.111. The van der Waals surface area contributed by atoms with E-state index in [9.17, 15) is 10.2 Å². The van der Waals surface area contributed by atoms with Crippen molar-refractivity contribution >= 4 is 22.4 Å². The quantitative estimate of drug-likeness (QED) is 0.698.